The second kappa shape index (κ2) is 3.38. The number of aliphatic hydroxyl groups excluding tert-OH is 3. The van der Waals surface area contributed by atoms with Crippen LogP contribution in [0, 0.1) is 5.41 Å². The highest BCUT2D eigenvalue weighted by atomic mass is 16.3. The molecule has 1 aliphatic carbocycles. The number of hydrogen-bond donors (Lipinski definition) is 3. The molecule has 0 aromatic carbocycles. The van der Waals surface area contributed by atoms with Crippen molar-refractivity contribution in [2.24, 2.45) is 5.41 Å². The van der Waals surface area contributed by atoms with Gasteiger partial charge in [0.25, 0.3) is 0 Å². The first-order valence-corrected chi connectivity index (χ1v) is 4.74. The van der Waals surface area contributed by atoms with Gasteiger partial charge in [-0.3, -0.25) is 4.79 Å². The maximum absolute atomic E-state index is 11.3. The van der Waals surface area contributed by atoms with Gasteiger partial charge in [0.1, 0.15) is 11.5 Å². The number of ketones is 1. The zero-order valence-corrected chi connectivity index (χ0v) is 9.33. The van der Waals surface area contributed by atoms with E-state index in [0.29, 0.717) is 0 Å². The molecule has 84 valence electrons. The Kier molecular flexibility index (Phi) is 2.65. The van der Waals surface area contributed by atoms with Crippen LogP contribution in [0.3, 0.4) is 0 Å². The van der Waals surface area contributed by atoms with Crippen LogP contribution in [-0.4, -0.2) is 27.2 Å². The summed E-state index contributed by atoms with van der Waals surface area (Å²) >= 11 is 0. The van der Waals surface area contributed by atoms with Crippen LogP contribution in [0.2, 0.25) is 0 Å². The molecule has 3 N–H and O–H groups in total. The van der Waals surface area contributed by atoms with Crippen LogP contribution in [-0.2, 0) is 4.79 Å². The normalized spacial score (nSPS) is 25.8. The maximum atomic E-state index is 11.3. The number of carbonyl (C=O) groups is 1. The molecule has 15 heavy (non-hydrogen) atoms. The van der Waals surface area contributed by atoms with E-state index in [-0.39, 0.29) is 28.4 Å². The lowest BCUT2D eigenvalue weighted by Gasteiger charge is -2.35. The predicted octanol–water partition coefficient (Wildman–Crippen LogP) is 1.62. The second-order valence-electron chi connectivity index (χ2n) is 4.42. The van der Waals surface area contributed by atoms with Crippen molar-refractivity contribution >= 4 is 5.78 Å². The lowest BCUT2D eigenvalue weighted by Crippen LogP contribution is -2.39. The van der Waals surface area contributed by atoms with E-state index in [9.17, 15) is 20.1 Å². The highest BCUT2D eigenvalue weighted by Crippen LogP contribution is 2.41. The molecule has 0 bridgehead atoms. The minimum Gasteiger partial charge on any atom is -0.511 e. The van der Waals surface area contributed by atoms with E-state index in [0.717, 1.165) is 0 Å². The Bertz CT molecular complexity index is 374. The van der Waals surface area contributed by atoms with Gasteiger partial charge < -0.3 is 15.3 Å². The van der Waals surface area contributed by atoms with Crippen molar-refractivity contribution in [3.63, 3.8) is 0 Å². The van der Waals surface area contributed by atoms with E-state index < -0.39 is 11.5 Å². The van der Waals surface area contributed by atoms with E-state index in [1.807, 2.05) is 0 Å². The quantitative estimate of drug-likeness (QED) is 0.617. The number of allylic oxidation sites excluding steroid dienone is 1. The van der Waals surface area contributed by atoms with Crippen LogP contribution < -0.4 is 0 Å². The SMILES string of the molecule is CC(=O)C1=C(O)C(C)=C(O)C(C)(C)C1O. The van der Waals surface area contributed by atoms with E-state index in [1.165, 1.54) is 13.8 Å². The van der Waals surface area contributed by atoms with E-state index in [4.69, 9.17) is 0 Å². The average molecular weight is 212 g/mol. The topological polar surface area (TPSA) is 77.8 Å². The molecular weight excluding hydrogens is 196 g/mol. The minimum atomic E-state index is -1.18. The summed E-state index contributed by atoms with van der Waals surface area (Å²) in [6.07, 6.45) is -1.18. The smallest absolute Gasteiger partial charge is 0.162 e. The molecule has 0 radical (unpaired) electrons. The Morgan fingerprint density at radius 2 is 1.80 bits per heavy atom. The van der Waals surface area contributed by atoms with Gasteiger partial charge in [0.2, 0.25) is 0 Å². The summed E-state index contributed by atoms with van der Waals surface area (Å²) in [5.74, 6) is -0.788. The summed E-state index contributed by atoms with van der Waals surface area (Å²) in [6, 6.07) is 0. The van der Waals surface area contributed by atoms with Crippen molar-refractivity contribution in [3.8, 4) is 0 Å². The van der Waals surface area contributed by atoms with Gasteiger partial charge in [-0.15, -0.1) is 0 Å². The largest absolute Gasteiger partial charge is 0.511 e. The zero-order chi connectivity index (χ0) is 12.0. The van der Waals surface area contributed by atoms with Crippen LogP contribution in [0.5, 0.6) is 0 Å². The van der Waals surface area contributed by atoms with Crippen LogP contribution >= 0.6 is 0 Å². The van der Waals surface area contributed by atoms with E-state index >= 15 is 0 Å². The number of hydrogen-bond acceptors (Lipinski definition) is 4. The lowest BCUT2D eigenvalue weighted by atomic mass is 9.73. The first-order chi connectivity index (χ1) is 6.71. The van der Waals surface area contributed by atoms with Gasteiger partial charge in [0, 0.05) is 5.57 Å². The fourth-order valence-corrected chi connectivity index (χ4v) is 1.78. The molecule has 0 saturated heterocycles. The van der Waals surface area contributed by atoms with Gasteiger partial charge in [-0.2, -0.15) is 0 Å². The fraction of sp³-hybridized carbons (Fsp3) is 0.545. The summed E-state index contributed by atoms with van der Waals surface area (Å²) in [7, 11) is 0. The molecule has 0 amide bonds. The van der Waals surface area contributed by atoms with Crippen molar-refractivity contribution in [2.45, 2.75) is 33.8 Å². The van der Waals surface area contributed by atoms with Gasteiger partial charge in [-0.05, 0) is 27.7 Å². The maximum Gasteiger partial charge on any atom is 0.162 e. The summed E-state index contributed by atoms with van der Waals surface area (Å²) in [5.41, 5.74) is -0.733. The summed E-state index contributed by atoms with van der Waals surface area (Å²) < 4.78 is 0. The number of rotatable bonds is 1. The zero-order valence-electron chi connectivity index (χ0n) is 9.33. The molecule has 0 spiro atoms. The molecule has 0 aliphatic heterocycles. The van der Waals surface area contributed by atoms with Gasteiger partial charge >= 0.3 is 0 Å². The third-order valence-corrected chi connectivity index (χ3v) is 2.91. The third-order valence-electron chi connectivity index (χ3n) is 2.91. The van der Waals surface area contributed by atoms with Gasteiger partial charge in [-0.1, -0.05) is 0 Å². The molecule has 0 heterocycles. The number of Topliss-reactive ketones (excluding diaryl/α,β-unsaturated/α-hetero) is 1. The van der Waals surface area contributed by atoms with Crippen molar-refractivity contribution in [1.82, 2.24) is 0 Å². The Hall–Kier alpha value is -1.29. The summed E-state index contributed by atoms with van der Waals surface area (Å²) in [5, 5.41) is 29.3. The molecule has 0 aromatic heterocycles. The molecule has 0 aromatic rings. The monoisotopic (exact) mass is 212 g/mol. The van der Waals surface area contributed by atoms with Gasteiger partial charge in [-0.25, -0.2) is 0 Å². The van der Waals surface area contributed by atoms with Crippen LogP contribution in [0.25, 0.3) is 0 Å². The fourth-order valence-electron chi connectivity index (χ4n) is 1.78. The summed E-state index contributed by atoms with van der Waals surface area (Å²) in [4.78, 5) is 11.3. The third kappa shape index (κ3) is 1.55. The van der Waals surface area contributed by atoms with E-state index in [1.54, 1.807) is 13.8 Å². The first kappa shape index (κ1) is 11.8. The van der Waals surface area contributed by atoms with Crippen molar-refractivity contribution < 1.29 is 20.1 Å². The highest BCUT2D eigenvalue weighted by Gasteiger charge is 2.43. The van der Waals surface area contributed by atoms with Gasteiger partial charge in [0.15, 0.2) is 5.78 Å². The highest BCUT2D eigenvalue weighted by molar-refractivity contribution is 5.96. The molecule has 4 heteroatoms. The Morgan fingerprint density at radius 3 is 2.20 bits per heavy atom. The number of aliphatic hydroxyl groups is 3. The van der Waals surface area contributed by atoms with Crippen LogP contribution in [0.4, 0.5) is 0 Å². The van der Waals surface area contributed by atoms with Crippen molar-refractivity contribution in [3.05, 3.63) is 22.7 Å². The van der Waals surface area contributed by atoms with Gasteiger partial charge in [0.05, 0.1) is 17.1 Å². The Labute approximate surface area is 88.5 Å². The molecule has 1 atom stereocenters. The Balaban J connectivity index is 3.45. The molecule has 1 aliphatic rings. The molecular formula is C11H16O4. The van der Waals surface area contributed by atoms with Crippen molar-refractivity contribution in [2.75, 3.05) is 0 Å². The second-order valence-corrected chi connectivity index (χ2v) is 4.42. The van der Waals surface area contributed by atoms with Crippen LogP contribution in [0.15, 0.2) is 22.7 Å². The molecule has 0 saturated carbocycles. The van der Waals surface area contributed by atoms with Crippen LogP contribution in [0.1, 0.15) is 27.7 Å². The summed E-state index contributed by atoms with van der Waals surface area (Å²) in [6.45, 7) is 6.03. The predicted molar refractivity (Wildman–Crippen MR) is 55.5 cm³/mol. The number of carbonyl (C=O) groups excluding carboxylic acids is 1. The average Bonchev–Trinajstić information content (AvgIpc) is 2.12. The standard InChI is InChI=1S/C11H16O4/c1-5-8(13)7(6(2)12)10(15)11(3,4)9(5)14/h10,13-15H,1-4H3. The first-order valence-electron chi connectivity index (χ1n) is 4.74. The molecule has 1 rings (SSSR count). The Morgan fingerprint density at radius 1 is 1.33 bits per heavy atom. The van der Waals surface area contributed by atoms with E-state index in [2.05, 4.69) is 0 Å². The molecule has 0 fully saturated rings. The molecule has 4 nitrogen and oxygen atoms in total. The minimum absolute atomic E-state index is 0.0321. The van der Waals surface area contributed by atoms with Crippen molar-refractivity contribution in [1.29, 1.82) is 0 Å². The molecule has 1 unspecified atom stereocenters. The lowest BCUT2D eigenvalue weighted by molar-refractivity contribution is -0.115.